The molecule has 130 valence electrons. The van der Waals surface area contributed by atoms with Crippen molar-refractivity contribution < 1.29 is 0 Å². The van der Waals surface area contributed by atoms with E-state index in [0.29, 0.717) is 5.95 Å². The first-order chi connectivity index (χ1) is 12.6. The van der Waals surface area contributed by atoms with Crippen molar-refractivity contribution in [2.75, 3.05) is 5.43 Å². The average molecular weight is 455 g/mol. The third-order valence-corrected chi connectivity index (χ3v) is 5.04. The van der Waals surface area contributed by atoms with Crippen LogP contribution in [0, 0.1) is 17.4 Å². The minimum absolute atomic E-state index is 0.633. The zero-order valence-electron chi connectivity index (χ0n) is 14.5. The highest BCUT2D eigenvalue weighted by Gasteiger charge is 2.09. The fourth-order valence-corrected chi connectivity index (χ4v) is 3.43. The molecule has 0 unspecified atom stereocenters. The Hall–Kier alpha value is -2.61. The fourth-order valence-electron chi connectivity index (χ4n) is 3.07. The maximum Gasteiger partial charge on any atom is 0.222 e. The van der Waals surface area contributed by atoms with Crippen LogP contribution in [0.1, 0.15) is 17.0 Å². The Labute approximate surface area is 165 Å². The van der Waals surface area contributed by atoms with Gasteiger partial charge >= 0.3 is 0 Å². The van der Waals surface area contributed by atoms with Gasteiger partial charge in [-0.3, -0.25) is 0 Å². The van der Waals surface area contributed by atoms with Gasteiger partial charge in [0.2, 0.25) is 5.95 Å². The van der Waals surface area contributed by atoms with E-state index in [2.05, 4.69) is 91.8 Å². The van der Waals surface area contributed by atoms with E-state index in [4.69, 9.17) is 0 Å². The minimum atomic E-state index is 0.633. The van der Waals surface area contributed by atoms with Crippen molar-refractivity contribution in [3.8, 4) is 5.69 Å². The molecule has 0 aliphatic rings. The van der Waals surface area contributed by atoms with Gasteiger partial charge in [-0.15, -0.1) is 0 Å². The second-order valence-electron chi connectivity index (χ2n) is 6.11. The van der Waals surface area contributed by atoms with E-state index in [1.54, 1.807) is 0 Å². The fraction of sp³-hybridized carbons (Fsp3) is 0.100. The number of hydrogen-bond acceptors (Lipinski definition) is 3. The molecule has 2 heterocycles. The SMILES string of the molecule is Cc1cc(/C=N/Nc2nc3ccccc3[nH]2)c(C)n1-c1ccc(I)cc1. The molecule has 2 aromatic carbocycles. The van der Waals surface area contributed by atoms with Crippen LogP contribution in [0.4, 0.5) is 5.95 Å². The molecule has 26 heavy (non-hydrogen) atoms. The Balaban J connectivity index is 1.57. The maximum atomic E-state index is 4.46. The van der Waals surface area contributed by atoms with E-state index in [1.165, 1.54) is 9.26 Å². The predicted octanol–water partition coefficient (Wildman–Crippen LogP) is 5.02. The van der Waals surface area contributed by atoms with Crippen LogP contribution in [0.2, 0.25) is 0 Å². The summed E-state index contributed by atoms with van der Waals surface area (Å²) in [6.07, 6.45) is 1.83. The van der Waals surface area contributed by atoms with E-state index < -0.39 is 0 Å². The Morgan fingerprint density at radius 1 is 1.12 bits per heavy atom. The second-order valence-corrected chi connectivity index (χ2v) is 7.36. The molecule has 0 saturated carbocycles. The normalized spacial score (nSPS) is 11.5. The summed E-state index contributed by atoms with van der Waals surface area (Å²) in [6, 6.07) is 18.5. The molecule has 0 atom stereocenters. The molecule has 4 rings (SSSR count). The van der Waals surface area contributed by atoms with E-state index in [-0.39, 0.29) is 0 Å². The van der Waals surface area contributed by atoms with Crippen LogP contribution < -0.4 is 5.43 Å². The third-order valence-electron chi connectivity index (χ3n) is 4.32. The number of nitrogens with one attached hydrogen (secondary N) is 2. The summed E-state index contributed by atoms with van der Waals surface area (Å²) in [4.78, 5) is 7.66. The lowest BCUT2D eigenvalue weighted by Crippen LogP contribution is -2.00. The number of aromatic amines is 1. The Morgan fingerprint density at radius 2 is 1.88 bits per heavy atom. The molecule has 2 N–H and O–H groups in total. The minimum Gasteiger partial charge on any atom is -0.323 e. The summed E-state index contributed by atoms with van der Waals surface area (Å²) in [5, 5.41) is 4.35. The van der Waals surface area contributed by atoms with Crippen molar-refractivity contribution >= 4 is 45.8 Å². The van der Waals surface area contributed by atoms with Crippen molar-refractivity contribution in [1.82, 2.24) is 14.5 Å². The summed E-state index contributed by atoms with van der Waals surface area (Å²) >= 11 is 2.32. The first-order valence-corrected chi connectivity index (χ1v) is 9.38. The number of nitrogens with zero attached hydrogens (tertiary/aromatic N) is 3. The van der Waals surface area contributed by atoms with Gasteiger partial charge in [-0.25, -0.2) is 10.4 Å². The van der Waals surface area contributed by atoms with Crippen LogP contribution in [-0.4, -0.2) is 20.7 Å². The van der Waals surface area contributed by atoms with Crippen molar-refractivity contribution in [3.05, 3.63) is 75.1 Å². The first kappa shape index (κ1) is 16.8. The molecule has 0 amide bonds. The number of imidazole rings is 1. The molecule has 0 saturated heterocycles. The van der Waals surface area contributed by atoms with Crippen molar-refractivity contribution in [3.63, 3.8) is 0 Å². The van der Waals surface area contributed by atoms with Gasteiger partial charge in [0.1, 0.15) is 0 Å². The van der Waals surface area contributed by atoms with Gasteiger partial charge in [0.15, 0.2) is 0 Å². The number of fused-ring (bicyclic) bond motifs is 1. The van der Waals surface area contributed by atoms with E-state index in [1.807, 2.05) is 30.5 Å². The third kappa shape index (κ3) is 3.24. The molecule has 0 spiro atoms. The van der Waals surface area contributed by atoms with Crippen LogP contribution in [-0.2, 0) is 0 Å². The number of anilines is 1. The lowest BCUT2D eigenvalue weighted by atomic mass is 10.2. The van der Waals surface area contributed by atoms with Gasteiger partial charge in [-0.05, 0) is 78.9 Å². The predicted molar refractivity (Wildman–Crippen MR) is 115 cm³/mol. The lowest BCUT2D eigenvalue weighted by molar-refractivity contribution is 0.964. The largest absolute Gasteiger partial charge is 0.323 e. The zero-order valence-corrected chi connectivity index (χ0v) is 16.7. The Bertz CT molecular complexity index is 1060. The molecule has 4 aromatic rings. The molecule has 6 heteroatoms. The molecule has 0 bridgehead atoms. The quantitative estimate of drug-likeness (QED) is 0.258. The van der Waals surface area contributed by atoms with Crippen LogP contribution in [0.3, 0.4) is 0 Å². The summed E-state index contributed by atoms with van der Waals surface area (Å²) in [5.74, 6) is 0.633. The van der Waals surface area contributed by atoms with Crippen LogP contribution in [0.25, 0.3) is 16.7 Å². The highest BCUT2D eigenvalue weighted by Crippen LogP contribution is 2.21. The number of H-pyrrole nitrogens is 1. The van der Waals surface area contributed by atoms with E-state index in [9.17, 15) is 0 Å². The lowest BCUT2D eigenvalue weighted by Gasteiger charge is -2.09. The van der Waals surface area contributed by atoms with Gasteiger partial charge in [0.25, 0.3) is 0 Å². The molecule has 5 nitrogen and oxygen atoms in total. The topological polar surface area (TPSA) is 58.0 Å². The van der Waals surface area contributed by atoms with E-state index >= 15 is 0 Å². The van der Waals surface area contributed by atoms with Gasteiger partial charge in [0, 0.05) is 26.2 Å². The molecular weight excluding hydrogens is 437 g/mol. The number of rotatable bonds is 4. The molecular formula is C20H18IN5. The van der Waals surface area contributed by atoms with Gasteiger partial charge in [-0.1, -0.05) is 12.1 Å². The molecule has 0 fully saturated rings. The monoisotopic (exact) mass is 455 g/mol. The van der Waals surface area contributed by atoms with Crippen molar-refractivity contribution in [2.45, 2.75) is 13.8 Å². The maximum absolute atomic E-state index is 4.46. The highest BCUT2D eigenvalue weighted by molar-refractivity contribution is 14.1. The number of hydrazone groups is 1. The highest BCUT2D eigenvalue weighted by atomic mass is 127. The van der Waals surface area contributed by atoms with Crippen LogP contribution in [0.15, 0.2) is 59.7 Å². The Morgan fingerprint density at radius 3 is 2.65 bits per heavy atom. The summed E-state index contributed by atoms with van der Waals surface area (Å²) in [5.41, 5.74) is 9.44. The molecule has 2 aromatic heterocycles. The van der Waals surface area contributed by atoms with Gasteiger partial charge in [-0.2, -0.15) is 5.10 Å². The van der Waals surface area contributed by atoms with Crippen LogP contribution in [0.5, 0.6) is 0 Å². The van der Waals surface area contributed by atoms with Crippen molar-refractivity contribution in [1.29, 1.82) is 0 Å². The zero-order chi connectivity index (χ0) is 18.1. The van der Waals surface area contributed by atoms with Gasteiger partial charge < -0.3 is 9.55 Å². The number of para-hydroxylation sites is 2. The number of aryl methyl sites for hydroxylation is 1. The number of hydrogen-bond donors (Lipinski definition) is 2. The van der Waals surface area contributed by atoms with Crippen molar-refractivity contribution in [2.24, 2.45) is 5.10 Å². The molecule has 0 radical (unpaired) electrons. The summed E-state index contributed by atoms with van der Waals surface area (Å²) < 4.78 is 3.46. The second kappa shape index (κ2) is 6.95. The molecule has 0 aliphatic heterocycles. The summed E-state index contributed by atoms with van der Waals surface area (Å²) in [7, 11) is 0. The van der Waals surface area contributed by atoms with E-state index in [0.717, 1.165) is 28.0 Å². The van der Waals surface area contributed by atoms with Crippen LogP contribution >= 0.6 is 22.6 Å². The Kier molecular flexibility index (Phi) is 4.50. The standard InChI is InChI=1S/C20H18IN5/c1-13-11-15(14(2)26(13)17-9-7-16(21)8-10-17)12-22-25-20-23-18-5-3-4-6-19(18)24-20/h3-12H,1-2H3,(H2,23,24,25)/b22-12+. The summed E-state index contributed by atoms with van der Waals surface area (Å²) in [6.45, 7) is 4.21. The number of aromatic nitrogens is 3. The first-order valence-electron chi connectivity index (χ1n) is 8.30. The average Bonchev–Trinajstić information content (AvgIpc) is 3.17. The smallest absolute Gasteiger partial charge is 0.222 e. The molecule has 0 aliphatic carbocycles. The number of halogens is 1. The number of benzene rings is 2. The van der Waals surface area contributed by atoms with Gasteiger partial charge in [0.05, 0.1) is 17.2 Å².